The fraction of sp³-hybridized carbons (Fsp3) is 0.452. The average molecular weight is 551 g/mol. The van der Waals surface area contributed by atoms with Crippen LogP contribution in [0.3, 0.4) is 0 Å². The molecule has 1 aliphatic heterocycles. The molecule has 0 unspecified atom stereocenters. The Labute approximate surface area is 234 Å². The molecule has 3 aliphatic rings. The van der Waals surface area contributed by atoms with Gasteiger partial charge in [-0.05, 0) is 38.3 Å². The molecule has 0 radical (unpaired) electrons. The third kappa shape index (κ3) is 8.16. The number of allylic oxidation sites excluding steroid dienone is 7. The highest BCUT2D eigenvalue weighted by Gasteiger charge is 2.59. The van der Waals surface area contributed by atoms with Crippen molar-refractivity contribution in [3.63, 3.8) is 0 Å². The number of Topliss-reactive ketones (excluding diaryl/α,β-unsaturated/α-hetero) is 3. The molecule has 1 saturated carbocycles. The normalized spacial score (nSPS) is 26.5. The van der Waals surface area contributed by atoms with Gasteiger partial charge in [0.2, 0.25) is 11.7 Å². The predicted molar refractivity (Wildman–Crippen MR) is 150 cm³/mol. The maximum Gasteiger partial charge on any atom is 0.251 e. The molecule has 0 aromatic heterocycles. The topological polar surface area (TPSA) is 142 Å². The second-order valence-electron chi connectivity index (χ2n) is 10.6. The van der Waals surface area contributed by atoms with E-state index < -0.39 is 41.4 Å². The smallest absolute Gasteiger partial charge is 0.251 e. The van der Waals surface area contributed by atoms with Crippen LogP contribution < -0.4 is 10.6 Å². The molecule has 0 bridgehead atoms. The summed E-state index contributed by atoms with van der Waals surface area (Å²) in [6, 6.07) is -1.07. The minimum Gasteiger partial charge on any atom is -0.379 e. The van der Waals surface area contributed by atoms with Crippen LogP contribution in [0.1, 0.15) is 59.8 Å². The number of epoxide rings is 1. The van der Waals surface area contributed by atoms with Crippen LogP contribution >= 0.6 is 0 Å². The summed E-state index contributed by atoms with van der Waals surface area (Å²) in [5, 5.41) is 16.1. The first-order chi connectivity index (χ1) is 18.9. The van der Waals surface area contributed by atoms with E-state index in [0.29, 0.717) is 11.5 Å². The van der Waals surface area contributed by atoms with Gasteiger partial charge in [0.05, 0.1) is 5.70 Å². The second-order valence-corrected chi connectivity index (χ2v) is 10.6. The van der Waals surface area contributed by atoms with E-state index >= 15 is 0 Å². The Kier molecular flexibility index (Phi) is 10.5. The molecule has 1 saturated heterocycles. The number of nitrogens with one attached hydrogen (secondary N) is 2. The molecule has 2 aliphatic carbocycles. The number of ether oxygens (including phenoxy) is 1. The van der Waals surface area contributed by atoms with Crippen LogP contribution in [0.15, 0.2) is 71.5 Å². The van der Waals surface area contributed by atoms with E-state index in [1.807, 2.05) is 6.92 Å². The maximum atomic E-state index is 12.8. The number of aliphatic hydroxyl groups is 1. The molecule has 4 atom stereocenters. The van der Waals surface area contributed by atoms with Crippen molar-refractivity contribution >= 4 is 29.2 Å². The monoisotopic (exact) mass is 550 g/mol. The third-order valence-electron chi connectivity index (χ3n) is 6.95. The number of unbranched alkanes of at least 4 members (excludes halogenated alkanes) is 1. The Morgan fingerprint density at radius 2 is 1.80 bits per heavy atom. The first kappa shape index (κ1) is 30.8. The van der Waals surface area contributed by atoms with Crippen molar-refractivity contribution in [3.8, 4) is 0 Å². The van der Waals surface area contributed by atoms with Crippen molar-refractivity contribution in [2.45, 2.75) is 83.6 Å². The Morgan fingerprint density at radius 3 is 2.48 bits per heavy atom. The highest BCUT2D eigenvalue weighted by molar-refractivity contribution is 6.14. The zero-order valence-electron chi connectivity index (χ0n) is 23.4. The molecule has 0 aromatic rings. The van der Waals surface area contributed by atoms with Crippen molar-refractivity contribution in [2.24, 2.45) is 5.92 Å². The minimum atomic E-state index is -1.61. The molecule has 9 nitrogen and oxygen atoms in total. The predicted octanol–water partition coefficient (Wildman–Crippen LogP) is 2.87. The van der Waals surface area contributed by atoms with Gasteiger partial charge in [-0.15, -0.1) is 0 Å². The summed E-state index contributed by atoms with van der Waals surface area (Å²) in [6.45, 7) is 7.89. The van der Waals surface area contributed by atoms with Crippen LogP contribution in [-0.4, -0.2) is 58.1 Å². The molecular formula is C31H38N2O7. The number of carbonyl (C=O) groups excluding carboxylic acids is 5. The highest BCUT2D eigenvalue weighted by Crippen LogP contribution is 2.40. The highest BCUT2D eigenvalue weighted by atomic mass is 16.6. The quantitative estimate of drug-likeness (QED) is 0.147. The molecule has 0 aromatic carbocycles. The number of hydrogen-bond donors (Lipinski definition) is 3. The van der Waals surface area contributed by atoms with Crippen LogP contribution in [-0.2, 0) is 28.7 Å². The van der Waals surface area contributed by atoms with Gasteiger partial charge >= 0.3 is 0 Å². The van der Waals surface area contributed by atoms with E-state index in [9.17, 15) is 29.1 Å². The van der Waals surface area contributed by atoms with E-state index in [-0.39, 0.29) is 30.1 Å². The van der Waals surface area contributed by atoms with Crippen LogP contribution in [0.4, 0.5) is 0 Å². The fourth-order valence-corrected chi connectivity index (χ4v) is 4.72. The van der Waals surface area contributed by atoms with Gasteiger partial charge in [0, 0.05) is 24.5 Å². The average Bonchev–Trinajstić information content (AvgIpc) is 3.66. The lowest BCUT2D eigenvalue weighted by atomic mass is 9.88. The van der Waals surface area contributed by atoms with Gasteiger partial charge < -0.3 is 20.5 Å². The standard InChI is InChI=1S/C31H38N2O7/c1-5-6-11-19(2)16-20(3)17-21(4)30(38)32-22-18-31(39,29-28(40-29)27(22)37)15-10-8-7-9-12-25(36)33-26-23(34)13-14-24(26)35/h7-10,12,15-19,26,28-29,39H,5-6,11,13-14H2,1-4H3,(H,32,38)(H,33,36)/b8-7?,12-9?,15-10+,20-16?,21-17?/t19-,28-,29-,31+/m1/s1. The minimum absolute atomic E-state index is 0.0295. The lowest BCUT2D eigenvalue weighted by molar-refractivity contribution is -0.129. The first-order valence-corrected chi connectivity index (χ1v) is 13.7. The molecule has 214 valence electrons. The number of rotatable bonds is 12. The van der Waals surface area contributed by atoms with Gasteiger partial charge in [0.1, 0.15) is 17.7 Å². The summed E-state index contributed by atoms with van der Waals surface area (Å²) in [5.41, 5.74) is -0.247. The summed E-state index contributed by atoms with van der Waals surface area (Å²) in [6.07, 6.45) is 15.9. The molecule has 3 rings (SSSR count). The largest absolute Gasteiger partial charge is 0.379 e. The molecule has 2 amide bonds. The molecule has 9 heteroatoms. The number of hydrogen-bond acceptors (Lipinski definition) is 7. The van der Waals surface area contributed by atoms with Crippen molar-refractivity contribution in [3.05, 3.63) is 71.5 Å². The van der Waals surface area contributed by atoms with Crippen LogP contribution in [0.2, 0.25) is 0 Å². The van der Waals surface area contributed by atoms with Gasteiger partial charge in [0.15, 0.2) is 17.7 Å². The molecule has 1 heterocycles. The molecule has 0 spiro atoms. The summed E-state index contributed by atoms with van der Waals surface area (Å²) >= 11 is 0. The Bertz CT molecular complexity index is 1220. The number of ketones is 3. The summed E-state index contributed by atoms with van der Waals surface area (Å²) in [7, 11) is 0. The number of fused-ring (bicyclic) bond motifs is 1. The fourth-order valence-electron chi connectivity index (χ4n) is 4.72. The first-order valence-electron chi connectivity index (χ1n) is 13.7. The van der Waals surface area contributed by atoms with Gasteiger partial charge in [-0.25, -0.2) is 0 Å². The molecular weight excluding hydrogens is 512 g/mol. The van der Waals surface area contributed by atoms with E-state index in [1.54, 1.807) is 19.1 Å². The Morgan fingerprint density at radius 1 is 1.12 bits per heavy atom. The van der Waals surface area contributed by atoms with E-state index in [2.05, 4.69) is 30.6 Å². The lowest BCUT2D eigenvalue weighted by Gasteiger charge is -2.23. The SMILES string of the molecule is CCCC[C@@H](C)C=C(C)C=C(C)C(=O)NC1=C[C@@](O)(/C=C/C=CC=CC(=O)NC2C(=O)CCC2=O)[C@@H]2O[C@@H]2C1=O. The van der Waals surface area contributed by atoms with Gasteiger partial charge in [0.25, 0.3) is 5.91 Å². The number of amides is 2. The molecule has 3 N–H and O–H groups in total. The van der Waals surface area contributed by atoms with Crippen molar-refractivity contribution in [1.82, 2.24) is 10.6 Å². The van der Waals surface area contributed by atoms with E-state index in [1.165, 1.54) is 36.5 Å². The Hall–Kier alpha value is -3.69. The molecule has 40 heavy (non-hydrogen) atoms. The van der Waals surface area contributed by atoms with E-state index in [0.717, 1.165) is 24.8 Å². The lowest BCUT2D eigenvalue weighted by Crippen LogP contribution is -2.42. The van der Waals surface area contributed by atoms with Crippen LogP contribution in [0.5, 0.6) is 0 Å². The van der Waals surface area contributed by atoms with E-state index in [4.69, 9.17) is 4.74 Å². The van der Waals surface area contributed by atoms with Crippen molar-refractivity contribution in [1.29, 1.82) is 0 Å². The number of carbonyl (C=O) groups is 5. The zero-order chi connectivity index (χ0) is 29.4. The Balaban J connectivity index is 1.59. The van der Waals surface area contributed by atoms with Gasteiger partial charge in [-0.3, -0.25) is 24.0 Å². The summed E-state index contributed by atoms with van der Waals surface area (Å²) < 4.78 is 5.38. The summed E-state index contributed by atoms with van der Waals surface area (Å²) in [4.78, 5) is 60.6. The zero-order valence-corrected chi connectivity index (χ0v) is 23.4. The molecule has 2 fully saturated rings. The van der Waals surface area contributed by atoms with Gasteiger partial charge in [-0.2, -0.15) is 0 Å². The summed E-state index contributed by atoms with van der Waals surface area (Å²) in [5.74, 6) is -1.59. The van der Waals surface area contributed by atoms with Crippen LogP contribution in [0.25, 0.3) is 0 Å². The second kappa shape index (κ2) is 13.6. The van der Waals surface area contributed by atoms with Crippen molar-refractivity contribution in [2.75, 3.05) is 0 Å². The van der Waals surface area contributed by atoms with Crippen molar-refractivity contribution < 1.29 is 33.8 Å². The van der Waals surface area contributed by atoms with Crippen LogP contribution in [0, 0.1) is 5.92 Å². The van der Waals surface area contributed by atoms with Gasteiger partial charge in [-0.1, -0.05) is 68.7 Å². The third-order valence-corrected chi connectivity index (χ3v) is 6.95. The maximum absolute atomic E-state index is 12.8.